The van der Waals surface area contributed by atoms with Gasteiger partial charge in [-0.2, -0.15) is 0 Å². The van der Waals surface area contributed by atoms with Gasteiger partial charge in [0.15, 0.2) is 0 Å². The van der Waals surface area contributed by atoms with E-state index in [4.69, 9.17) is 4.74 Å². The zero-order valence-corrected chi connectivity index (χ0v) is 13.6. The monoisotopic (exact) mass is 359 g/mol. The van der Waals surface area contributed by atoms with E-state index in [2.05, 4.69) is 31.2 Å². The van der Waals surface area contributed by atoms with Gasteiger partial charge in [-0.05, 0) is 42.8 Å². The first-order valence-electron chi connectivity index (χ1n) is 5.90. The van der Waals surface area contributed by atoms with E-state index < -0.39 is 11.7 Å². The highest BCUT2D eigenvalue weighted by atomic mass is 79.9. The number of fused-ring (bicyclic) bond motifs is 1. The summed E-state index contributed by atoms with van der Waals surface area (Å²) in [5.41, 5.74) is -0.175. The molecule has 0 unspecified atom stereocenters. The van der Waals surface area contributed by atoms with Gasteiger partial charge in [-0.1, -0.05) is 0 Å². The first-order valence-corrected chi connectivity index (χ1v) is 7.50. The maximum absolute atomic E-state index is 11.8. The molecule has 20 heavy (non-hydrogen) atoms. The van der Waals surface area contributed by atoms with Crippen molar-refractivity contribution >= 4 is 43.6 Å². The van der Waals surface area contributed by atoms with Crippen LogP contribution in [0.4, 0.5) is 4.79 Å². The smallest absolute Gasteiger partial charge is 0.408 e. The van der Waals surface area contributed by atoms with Crippen molar-refractivity contribution in [1.29, 1.82) is 0 Å². The zero-order valence-electron chi connectivity index (χ0n) is 11.2. The second-order valence-electron chi connectivity index (χ2n) is 5.13. The van der Waals surface area contributed by atoms with Crippen LogP contribution in [-0.4, -0.2) is 21.7 Å². The third-order valence-corrected chi connectivity index (χ3v) is 3.83. The maximum Gasteiger partial charge on any atom is 0.408 e. The van der Waals surface area contributed by atoms with Crippen molar-refractivity contribution < 1.29 is 9.53 Å². The average Bonchev–Trinajstić information content (AvgIpc) is 2.65. The van der Waals surface area contributed by atoms with Crippen LogP contribution < -0.4 is 10.9 Å². The number of carbonyl (C=O) groups excluding carboxylic acids is 1. The number of ether oxygens (including phenoxy) is 1. The average molecular weight is 360 g/mol. The first-order chi connectivity index (χ1) is 9.24. The number of nitrogens with one attached hydrogen (secondary N) is 2. The zero-order chi connectivity index (χ0) is 14.9. The summed E-state index contributed by atoms with van der Waals surface area (Å²) in [4.78, 5) is 30.3. The largest absolute Gasteiger partial charge is 0.444 e. The van der Waals surface area contributed by atoms with Crippen molar-refractivity contribution in [3.63, 3.8) is 0 Å². The Morgan fingerprint density at radius 3 is 2.90 bits per heavy atom. The standard InChI is InChI=1S/C12H14BrN3O3S/c1-12(2,3)19-11(18)14-5-8-15-6-4-7(13)20-9(6)10(17)16-8/h4H,5H2,1-3H3,(H,14,18)(H,15,16,17). The van der Waals surface area contributed by atoms with E-state index in [-0.39, 0.29) is 12.1 Å². The lowest BCUT2D eigenvalue weighted by Crippen LogP contribution is -2.33. The minimum atomic E-state index is -0.562. The summed E-state index contributed by atoms with van der Waals surface area (Å²) >= 11 is 4.63. The summed E-state index contributed by atoms with van der Waals surface area (Å²) in [5.74, 6) is 0.388. The molecule has 0 fully saturated rings. The summed E-state index contributed by atoms with van der Waals surface area (Å²) in [6.45, 7) is 5.44. The predicted molar refractivity (Wildman–Crippen MR) is 81.0 cm³/mol. The highest BCUT2D eigenvalue weighted by Crippen LogP contribution is 2.25. The van der Waals surface area contributed by atoms with E-state index in [1.54, 1.807) is 26.8 Å². The van der Waals surface area contributed by atoms with Crippen LogP contribution in [0.1, 0.15) is 26.6 Å². The molecule has 0 saturated carbocycles. The lowest BCUT2D eigenvalue weighted by Gasteiger charge is -2.19. The van der Waals surface area contributed by atoms with E-state index in [1.165, 1.54) is 11.3 Å². The fraction of sp³-hybridized carbons (Fsp3) is 0.417. The molecule has 0 aromatic carbocycles. The molecule has 108 valence electrons. The molecule has 0 atom stereocenters. The first kappa shape index (κ1) is 15.0. The molecule has 0 aliphatic heterocycles. The van der Waals surface area contributed by atoms with Gasteiger partial charge in [-0.25, -0.2) is 9.78 Å². The number of alkyl carbamates (subject to hydrolysis) is 1. The molecule has 2 rings (SSSR count). The van der Waals surface area contributed by atoms with Gasteiger partial charge in [-0.15, -0.1) is 11.3 Å². The number of thiophene rings is 1. The Morgan fingerprint density at radius 2 is 2.25 bits per heavy atom. The Balaban J connectivity index is 2.11. The van der Waals surface area contributed by atoms with Gasteiger partial charge in [0.2, 0.25) is 0 Å². The molecular weight excluding hydrogens is 346 g/mol. The number of nitrogens with zero attached hydrogens (tertiary/aromatic N) is 1. The molecule has 1 amide bonds. The van der Waals surface area contributed by atoms with Crippen molar-refractivity contribution in [1.82, 2.24) is 15.3 Å². The lowest BCUT2D eigenvalue weighted by molar-refractivity contribution is 0.0522. The third-order valence-electron chi connectivity index (χ3n) is 2.20. The normalized spacial score (nSPS) is 11.6. The van der Waals surface area contributed by atoms with Crippen LogP contribution >= 0.6 is 27.3 Å². The molecule has 0 radical (unpaired) electrons. The van der Waals surface area contributed by atoms with Gasteiger partial charge < -0.3 is 15.0 Å². The van der Waals surface area contributed by atoms with E-state index in [9.17, 15) is 9.59 Å². The maximum atomic E-state index is 11.8. The highest BCUT2D eigenvalue weighted by Gasteiger charge is 2.16. The molecular formula is C12H14BrN3O3S. The number of hydrogen-bond donors (Lipinski definition) is 2. The number of amides is 1. The van der Waals surface area contributed by atoms with Gasteiger partial charge in [0.1, 0.15) is 16.1 Å². The van der Waals surface area contributed by atoms with E-state index in [0.29, 0.717) is 16.0 Å². The van der Waals surface area contributed by atoms with Gasteiger partial charge in [0.05, 0.1) is 15.8 Å². The van der Waals surface area contributed by atoms with E-state index in [1.807, 2.05) is 0 Å². The molecule has 0 aliphatic rings. The molecule has 0 saturated heterocycles. The molecule has 0 bridgehead atoms. The second-order valence-corrected chi connectivity index (χ2v) is 7.56. The Kier molecular flexibility index (Phi) is 4.14. The Hall–Kier alpha value is -1.41. The Bertz CT molecular complexity index is 702. The fourth-order valence-electron chi connectivity index (χ4n) is 1.51. The van der Waals surface area contributed by atoms with Crippen LogP contribution in [0.3, 0.4) is 0 Å². The van der Waals surface area contributed by atoms with E-state index in [0.717, 1.165) is 3.79 Å². The summed E-state index contributed by atoms with van der Waals surface area (Å²) < 4.78 is 6.50. The van der Waals surface area contributed by atoms with Crippen molar-refractivity contribution in [3.8, 4) is 0 Å². The van der Waals surface area contributed by atoms with E-state index >= 15 is 0 Å². The second kappa shape index (κ2) is 5.53. The van der Waals surface area contributed by atoms with Crippen molar-refractivity contribution in [2.24, 2.45) is 0 Å². The topological polar surface area (TPSA) is 84.1 Å². The predicted octanol–water partition coefficient (Wildman–Crippen LogP) is 2.77. The minimum absolute atomic E-state index is 0.105. The molecule has 0 spiro atoms. The van der Waals surface area contributed by atoms with Crippen LogP contribution in [0.25, 0.3) is 10.2 Å². The third kappa shape index (κ3) is 3.80. The van der Waals surface area contributed by atoms with Crippen LogP contribution in [0, 0.1) is 0 Å². The summed E-state index contributed by atoms with van der Waals surface area (Å²) in [5, 5.41) is 2.55. The van der Waals surface area contributed by atoms with Gasteiger partial charge in [0, 0.05) is 0 Å². The van der Waals surface area contributed by atoms with Crippen LogP contribution in [0.5, 0.6) is 0 Å². The molecule has 6 nitrogen and oxygen atoms in total. The Morgan fingerprint density at radius 1 is 1.55 bits per heavy atom. The number of carbonyl (C=O) groups is 1. The summed E-state index contributed by atoms with van der Waals surface area (Å²) in [6, 6.07) is 1.77. The number of aromatic amines is 1. The molecule has 8 heteroatoms. The van der Waals surface area contributed by atoms with Gasteiger partial charge in [0.25, 0.3) is 5.56 Å². The SMILES string of the molecule is CC(C)(C)OC(=O)NCc1nc2cc(Br)sc2c(=O)[nH]1. The molecule has 2 aromatic rings. The molecule has 0 aliphatic carbocycles. The van der Waals surface area contributed by atoms with Crippen molar-refractivity contribution in [2.75, 3.05) is 0 Å². The quantitative estimate of drug-likeness (QED) is 0.863. The van der Waals surface area contributed by atoms with Crippen LogP contribution in [-0.2, 0) is 11.3 Å². The fourth-order valence-corrected chi connectivity index (χ4v) is 2.93. The van der Waals surface area contributed by atoms with Crippen LogP contribution in [0.15, 0.2) is 14.6 Å². The van der Waals surface area contributed by atoms with Gasteiger partial charge >= 0.3 is 6.09 Å². The minimum Gasteiger partial charge on any atom is -0.444 e. The van der Waals surface area contributed by atoms with Crippen molar-refractivity contribution in [2.45, 2.75) is 32.9 Å². The van der Waals surface area contributed by atoms with Crippen molar-refractivity contribution in [3.05, 3.63) is 26.0 Å². The summed E-state index contributed by atoms with van der Waals surface area (Å²) in [7, 11) is 0. The molecule has 2 aromatic heterocycles. The van der Waals surface area contributed by atoms with Gasteiger partial charge in [-0.3, -0.25) is 4.79 Å². The number of hydrogen-bond acceptors (Lipinski definition) is 5. The number of aromatic nitrogens is 2. The van der Waals surface area contributed by atoms with Crippen LogP contribution in [0.2, 0.25) is 0 Å². The number of halogens is 1. The number of rotatable bonds is 2. The number of H-pyrrole nitrogens is 1. The molecule has 2 N–H and O–H groups in total. The Labute approximate surface area is 127 Å². The molecule has 2 heterocycles. The lowest BCUT2D eigenvalue weighted by atomic mass is 10.2. The summed E-state index contributed by atoms with van der Waals surface area (Å²) in [6.07, 6.45) is -0.549. The highest BCUT2D eigenvalue weighted by molar-refractivity contribution is 9.11.